The predicted octanol–water partition coefficient (Wildman–Crippen LogP) is 1.48. The van der Waals surface area contributed by atoms with Gasteiger partial charge in [0, 0.05) is 19.7 Å². The summed E-state index contributed by atoms with van der Waals surface area (Å²) in [6.07, 6.45) is 9.97. The average Bonchev–Trinajstić information content (AvgIpc) is 3.13. The summed E-state index contributed by atoms with van der Waals surface area (Å²) in [6.45, 7) is 1.96. The molecule has 0 unspecified atom stereocenters. The van der Waals surface area contributed by atoms with E-state index in [4.69, 9.17) is 9.63 Å². The van der Waals surface area contributed by atoms with E-state index < -0.39 is 5.54 Å². The zero-order valence-electron chi connectivity index (χ0n) is 14.6. The van der Waals surface area contributed by atoms with Crippen LogP contribution >= 0.6 is 0 Å². The second-order valence-corrected chi connectivity index (χ2v) is 6.70. The molecule has 0 atom stereocenters. The summed E-state index contributed by atoms with van der Waals surface area (Å²) in [7, 11) is 0. The van der Waals surface area contributed by atoms with Crippen LogP contribution in [-0.4, -0.2) is 37.5 Å². The van der Waals surface area contributed by atoms with Crippen LogP contribution in [0.2, 0.25) is 0 Å². The Kier molecular flexibility index (Phi) is 5.47. The smallest absolute Gasteiger partial charge is 0.242 e. The third-order valence-corrected chi connectivity index (χ3v) is 4.68. The summed E-state index contributed by atoms with van der Waals surface area (Å²) in [5, 5.41) is 20.4. The molecule has 0 bridgehead atoms. The van der Waals surface area contributed by atoms with Crippen molar-refractivity contribution in [1.82, 2.24) is 25.2 Å². The van der Waals surface area contributed by atoms with Gasteiger partial charge in [0.25, 0.3) is 0 Å². The number of aliphatic hydroxyl groups excluding tert-OH is 1. The minimum Gasteiger partial charge on any atom is -0.396 e. The SMILES string of the molecule is Cc1nc(C2(NC(=O)Cn3cc(CCO)cn3)CCCCCC2)no1. The van der Waals surface area contributed by atoms with Gasteiger partial charge < -0.3 is 14.9 Å². The van der Waals surface area contributed by atoms with Crippen molar-refractivity contribution < 1.29 is 14.4 Å². The maximum Gasteiger partial charge on any atom is 0.242 e. The normalized spacial score (nSPS) is 17.2. The Morgan fingerprint density at radius 3 is 2.76 bits per heavy atom. The molecule has 1 fully saturated rings. The molecule has 2 N–H and O–H groups in total. The minimum absolute atomic E-state index is 0.0676. The van der Waals surface area contributed by atoms with E-state index in [9.17, 15) is 4.79 Å². The lowest BCUT2D eigenvalue weighted by molar-refractivity contribution is -0.124. The van der Waals surface area contributed by atoms with Crippen LogP contribution in [0.4, 0.5) is 0 Å². The van der Waals surface area contributed by atoms with Gasteiger partial charge in [-0.25, -0.2) is 0 Å². The molecule has 3 rings (SSSR count). The second kappa shape index (κ2) is 7.77. The summed E-state index contributed by atoms with van der Waals surface area (Å²) in [5.74, 6) is 0.957. The van der Waals surface area contributed by atoms with E-state index in [1.54, 1.807) is 24.0 Å². The average molecular weight is 347 g/mol. The first kappa shape index (κ1) is 17.6. The number of aliphatic hydroxyl groups is 1. The number of nitrogens with zero attached hydrogens (tertiary/aromatic N) is 4. The number of aryl methyl sites for hydroxylation is 1. The fourth-order valence-electron chi connectivity index (χ4n) is 3.43. The summed E-state index contributed by atoms with van der Waals surface area (Å²) in [4.78, 5) is 17.0. The molecule has 136 valence electrons. The van der Waals surface area contributed by atoms with Gasteiger partial charge in [0.15, 0.2) is 5.82 Å². The minimum atomic E-state index is -0.563. The van der Waals surface area contributed by atoms with Crippen LogP contribution in [0.3, 0.4) is 0 Å². The van der Waals surface area contributed by atoms with Crippen molar-refractivity contribution in [2.24, 2.45) is 0 Å². The van der Waals surface area contributed by atoms with Crippen LogP contribution in [-0.2, 0) is 23.3 Å². The first-order valence-corrected chi connectivity index (χ1v) is 8.85. The van der Waals surface area contributed by atoms with E-state index in [1.807, 2.05) is 0 Å². The molecule has 0 aromatic carbocycles. The highest BCUT2D eigenvalue weighted by atomic mass is 16.5. The van der Waals surface area contributed by atoms with E-state index in [-0.39, 0.29) is 19.1 Å². The van der Waals surface area contributed by atoms with Crippen molar-refractivity contribution in [2.45, 2.75) is 64.0 Å². The summed E-state index contributed by atoms with van der Waals surface area (Å²) < 4.78 is 6.75. The molecule has 0 radical (unpaired) electrons. The van der Waals surface area contributed by atoms with E-state index in [2.05, 4.69) is 20.6 Å². The third kappa shape index (κ3) is 4.25. The Labute approximate surface area is 146 Å². The number of nitrogens with one attached hydrogen (secondary N) is 1. The van der Waals surface area contributed by atoms with Gasteiger partial charge in [0.1, 0.15) is 12.1 Å². The first-order chi connectivity index (χ1) is 12.1. The lowest BCUT2D eigenvalue weighted by atomic mass is 9.89. The quantitative estimate of drug-likeness (QED) is 0.767. The summed E-state index contributed by atoms with van der Waals surface area (Å²) in [5.41, 5.74) is 0.347. The molecule has 2 aromatic heterocycles. The number of carbonyl (C=O) groups is 1. The van der Waals surface area contributed by atoms with Crippen LogP contribution in [0.25, 0.3) is 0 Å². The second-order valence-electron chi connectivity index (χ2n) is 6.70. The number of hydrogen-bond acceptors (Lipinski definition) is 6. The Bertz CT molecular complexity index is 701. The van der Waals surface area contributed by atoms with Crippen molar-refractivity contribution in [3.8, 4) is 0 Å². The Hall–Kier alpha value is -2.22. The van der Waals surface area contributed by atoms with Crippen LogP contribution in [0, 0.1) is 6.92 Å². The third-order valence-electron chi connectivity index (χ3n) is 4.68. The molecule has 2 aromatic rings. The molecule has 0 saturated heterocycles. The summed E-state index contributed by atoms with van der Waals surface area (Å²) in [6, 6.07) is 0. The van der Waals surface area contributed by atoms with Crippen LogP contribution in [0.5, 0.6) is 0 Å². The Balaban J connectivity index is 1.73. The predicted molar refractivity (Wildman–Crippen MR) is 89.6 cm³/mol. The topological polar surface area (TPSA) is 106 Å². The maximum absolute atomic E-state index is 12.6. The van der Waals surface area contributed by atoms with E-state index >= 15 is 0 Å². The molecule has 1 amide bonds. The fraction of sp³-hybridized carbons (Fsp3) is 0.647. The monoisotopic (exact) mass is 347 g/mol. The molecule has 8 nitrogen and oxygen atoms in total. The fourth-order valence-corrected chi connectivity index (χ4v) is 3.43. The van der Waals surface area contributed by atoms with Gasteiger partial charge in [-0.3, -0.25) is 9.48 Å². The zero-order valence-corrected chi connectivity index (χ0v) is 14.6. The molecule has 2 heterocycles. The lowest BCUT2D eigenvalue weighted by Crippen LogP contribution is -2.47. The standard InChI is InChI=1S/C17H25N5O3/c1-13-19-16(21-25-13)17(7-4-2-3-5-8-17)20-15(24)12-22-11-14(6-9-23)10-18-22/h10-11,23H,2-9,12H2,1H3,(H,20,24). The lowest BCUT2D eigenvalue weighted by Gasteiger charge is -2.30. The molecule has 1 aliphatic rings. The van der Waals surface area contributed by atoms with E-state index in [1.165, 1.54) is 0 Å². The number of aromatic nitrogens is 4. The van der Waals surface area contributed by atoms with Crippen molar-refractivity contribution in [3.05, 3.63) is 29.7 Å². The van der Waals surface area contributed by atoms with Crippen LogP contribution in [0.15, 0.2) is 16.9 Å². The van der Waals surface area contributed by atoms with Crippen molar-refractivity contribution >= 4 is 5.91 Å². The van der Waals surface area contributed by atoms with Gasteiger partial charge in [0.2, 0.25) is 11.8 Å². The first-order valence-electron chi connectivity index (χ1n) is 8.85. The van der Waals surface area contributed by atoms with Crippen molar-refractivity contribution in [2.75, 3.05) is 6.61 Å². The Morgan fingerprint density at radius 1 is 1.36 bits per heavy atom. The van der Waals surface area contributed by atoms with Gasteiger partial charge in [-0.15, -0.1) is 0 Å². The maximum atomic E-state index is 12.6. The number of amides is 1. The highest BCUT2D eigenvalue weighted by Crippen LogP contribution is 2.34. The summed E-state index contributed by atoms with van der Waals surface area (Å²) >= 11 is 0. The molecule has 1 saturated carbocycles. The number of hydrogen-bond donors (Lipinski definition) is 2. The number of carbonyl (C=O) groups excluding carboxylic acids is 1. The van der Waals surface area contributed by atoms with Gasteiger partial charge in [-0.2, -0.15) is 10.1 Å². The molecule has 8 heteroatoms. The van der Waals surface area contributed by atoms with E-state index in [0.717, 1.165) is 44.1 Å². The van der Waals surface area contributed by atoms with Gasteiger partial charge in [0.05, 0.1) is 6.20 Å². The molecule has 0 spiro atoms. The molecular formula is C17H25N5O3. The number of rotatable bonds is 6. The van der Waals surface area contributed by atoms with Gasteiger partial charge in [-0.05, 0) is 24.8 Å². The van der Waals surface area contributed by atoms with Crippen molar-refractivity contribution in [1.29, 1.82) is 0 Å². The molecule has 1 aliphatic carbocycles. The zero-order chi connectivity index (χ0) is 17.7. The molecular weight excluding hydrogens is 322 g/mol. The van der Waals surface area contributed by atoms with E-state index in [0.29, 0.717) is 18.1 Å². The highest BCUT2D eigenvalue weighted by Gasteiger charge is 2.38. The van der Waals surface area contributed by atoms with Crippen molar-refractivity contribution in [3.63, 3.8) is 0 Å². The molecule has 25 heavy (non-hydrogen) atoms. The van der Waals surface area contributed by atoms with Gasteiger partial charge in [-0.1, -0.05) is 30.8 Å². The Morgan fingerprint density at radius 2 is 2.12 bits per heavy atom. The van der Waals surface area contributed by atoms with Crippen LogP contribution < -0.4 is 5.32 Å². The molecule has 0 aliphatic heterocycles. The highest BCUT2D eigenvalue weighted by molar-refractivity contribution is 5.76. The van der Waals surface area contributed by atoms with Crippen LogP contribution in [0.1, 0.15) is 55.8 Å². The van der Waals surface area contributed by atoms with Gasteiger partial charge >= 0.3 is 0 Å². The largest absolute Gasteiger partial charge is 0.396 e.